The Morgan fingerprint density at radius 1 is 1.62 bits per heavy atom. The van der Waals surface area contributed by atoms with E-state index in [9.17, 15) is 5.11 Å². The first-order valence-corrected chi connectivity index (χ1v) is 5.45. The summed E-state index contributed by atoms with van der Waals surface area (Å²) in [5, 5.41) is 18.2. The predicted octanol–water partition coefficient (Wildman–Crippen LogP) is 1.87. The molecule has 0 aromatic carbocycles. The van der Waals surface area contributed by atoms with E-state index in [2.05, 4.69) is 11.1 Å². The zero-order chi connectivity index (χ0) is 12.0. The lowest BCUT2D eigenvalue weighted by Gasteiger charge is -2.24. The van der Waals surface area contributed by atoms with Crippen LogP contribution in [-0.2, 0) is 0 Å². The van der Waals surface area contributed by atoms with E-state index in [0.717, 1.165) is 17.9 Å². The fraction of sp³-hybridized carbons (Fsp3) is 0.500. The summed E-state index contributed by atoms with van der Waals surface area (Å²) < 4.78 is 0. The van der Waals surface area contributed by atoms with Gasteiger partial charge in [-0.1, -0.05) is 6.07 Å². The summed E-state index contributed by atoms with van der Waals surface area (Å²) in [5.41, 5.74) is 0.808. The Balaban J connectivity index is 2.95. The van der Waals surface area contributed by atoms with Crippen LogP contribution in [0.25, 0.3) is 0 Å². The van der Waals surface area contributed by atoms with Gasteiger partial charge in [0, 0.05) is 24.8 Å². The summed E-state index contributed by atoms with van der Waals surface area (Å²) in [4.78, 5) is 6.29. The summed E-state index contributed by atoms with van der Waals surface area (Å²) in [5.74, 6) is 0.773. The Morgan fingerprint density at radius 3 is 2.94 bits per heavy atom. The van der Waals surface area contributed by atoms with Crippen LogP contribution in [0.2, 0.25) is 0 Å². The van der Waals surface area contributed by atoms with Gasteiger partial charge in [0.25, 0.3) is 0 Å². The lowest BCUT2D eigenvalue weighted by Crippen LogP contribution is -2.26. The number of rotatable bonds is 5. The van der Waals surface area contributed by atoms with Gasteiger partial charge in [0.2, 0.25) is 0 Å². The molecule has 0 aliphatic carbocycles. The lowest BCUT2D eigenvalue weighted by atomic mass is 10.1. The first kappa shape index (κ1) is 12.5. The maximum absolute atomic E-state index is 9.64. The average Bonchev–Trinajstić information content (AvgIpc) is 2.30. The van der Waals surface area contributed by atoms with E-state index in [4.69, 9.17) is 5.26 Å². The minimum atomic E-state index is -0.542. The second-order valence-corrected chi connectivity index (χ2v) is 3.58. The van der Waals surface area contributed by atoms with Crippen LogP contribution in [0.4, 0.5) is 5.82 Å². The SMILES string of the molecule is CCN(CCC#N)c1ncccc1C(C)O. The third-order valence-corrected chi connectivity index (χ3v) is 2.44. The highest BCUT2D eigenvalue weighted by molar-refractivity contribution is 5.47. The van der Waals surface area contributed by atoms with Gasteiger partial charge in [0.05, 0.1) is 18.6 Å². The van der Waals surface area contributed by atoms with Gasteiger partial charge in [0.15, 0.2) is 0 Å². The maximum Gasteiger partial charge on any atom is 0.134 e. The van der Waals surface area contributed by atoms with Crippen molar-refractivity contribution < 1.29 is 5.11 Å². The largest absolute Gasteiger partial charge is 0.389 e. The molecule has 4 heteroatoms. The number of aromatic nitrogens is 1. The highest BCUT2D eigenvalue weighted by Crippen LogP contribution is 2.23. The number of pyridine rings is 1. The zero-order valence-corrected chi connectivity index (χ0v) is 9.72. The van der Waals surface area contributed by atoms with Crippen molar-refractivity contribution in [2.24, 2.45) is 0 Å². The molecule has 1 unspecified atom stereocenters. The van der Waals surface area contributed by atoms with E-state index in [1.807, 2.05) is 24.0 Å². The molecular weight excluding hydrogens is 202 g/mol. The predicted molar refractivity (Wildman–Crippen MR) is 63.0 cm³/mol. The second kappa shape index (κ2) is 6.09. The third kappa shape index (κ3) is 2.94. The van der Waals surface area contributed by atoms with Crippen LogP contribution < -0.4 is 4.90 Å². The van der Waals surface area contributed by atoms with Crippen molar-refractivity contribution in [2.45, 2.75) is 26.4 Å². The fourth-order valence-corrected chi connectivity index (χ4v) is 1.60. The van der Waals surface area contributed by atoms with Crippen LogP contribution in [0.1, 0.15) is 31.9 Å². The highest BCUT2D eigenvalue weighted by atomic mass is 16.3. The normalized spacial score (nSPS) is 11.9. The fourth-order valence-electron chi connectivity index (χ4n) is 1.60. The van der Waals surface area contributed by atoms with Crippen molar-refractivity contribution in [2.75, 3.05) is 18.0 Å². The maximum atomic E-state index is 9.64. The molecule has 0 amide bonds. The Kier molecular flexibility index (Phi) is 4.74. The molecule has 0 bridgehead atoms. The molecular formula is C12H17N3O. The van der Waals surface area contributed by atoms with Crippen LogP contribution in [0.5, 0.6) is 0 Å². The first-order chi connectivity index (χ1) is 7.70. The molecule has 0 aliphatic rings. The highest BCUT2D eigenvalue weighted by Gasteiger charge is 2.13. The molecule has 1 rings (SSSR count). The van der Waals surface area contributed by atoms with Gasteiger partial charge >= 0.3 is 0 Å². The van der Waals surface area contributed by atoms with E-state index in [0.29, 0.717) is 13.0 Å². The minimum absolute atomic E-state index is 0.462. The molecule has 1 aromatic heterocycles. The zero-order valence-electron chi connectivity index (χ0n) is 9.72. The first-order valence-electron chi connectivity index (χ1n) is 5.45. The van der Waals surface area contributed by atoms with E-state index >= 15 is 0 Å². The van der Waals surface area contributed by atoms with Crippen molar-refractivity contribution >= 4 is 5.82 Å². The van der Waals surface area contributed by atoms with Gasteiger partial charge in [-0.3, -0.25) is 0 Å². The molecule has 0 fully saturated rings. The van der Waals surface area contributed by atoms with Crippen LogP contribution in [-0.4, -0.2) is 23.2 Å². The molecule has 16 heavy (non-hydrogen) atoms. The van der Waals surface area contributed by atoms with Crippen molar-refractivity contribution in [3.63, 3.8) is 0 Å². The second-order valence-electron chi connectivity index (χ2n) is 3.58. The van der Waals surface area contributed by atoms with E-state index < -0.39 is 6.10 Å². The molecule has 1 heterocycles. The molecule has 0 aliphatic heterocycles. The van der Waals surface area contributed by atoms with Crippen LogP contribution in [0.15, 0.2) is 18.3 Å². The third-order valence-electron chi connectivity index (χ3n) is 2.44. The van der Waals surface area contributed by atoms with Gasteiger partial charge in [-0.25, -0.2) is 4.98 Å². The van der Waals surface area contributed by atoms with Crippen LogP contribution in [0.3, 0.4) is 0 Å². The van der Waals surface area contributed by atoms with E-state index in [1.165, 1.54) is 0 Å². The molecule has 0 saturated heterocycles. The Labute approximate surface area is 96.2 Å². The number of hydrogen-bond donors (Lipinski definition) is 1. The van der Waals surface area contributed by atoms with Crippen molar-refractivity contribution in [1.82, 2.24) is 4.98 Å². The molecule has 1 aromatic rings. The van der Waals surface area contributed by atoms with Gasteiger partial charge in [-0.2, -0.15) is 5.26 Å². The molecule has 1 N–H and O–H groups in total. The standard InChI is InChI=1S/C12H17N3O/c1-3-15(9-5-7-13)12-11(10(2)16)6-4-8-14-12/h4,6,8,10,16H,3,5,9H2,1-2H3. The van der Waals surface area contributed by atoms with Crippen molar-refractivity contribution in [1.29, 1.82) is 5.26 Å². The summed E-state index contributed by atoms with van der Waals surface area (Å²) in [6.07, 6.45) is 1.62. The number of anilines is 1. The number of nitrogens with zero attached hydrogens (tertiary/aromatic N) is 3. The van der Waals surface area contributed by atoms with Gasteiger partial charge in [0.1, 0.15) is 5.82 Å². The molecule has 0 saturated carbocycles. The molecule has 0 radical (unpaired) electrons. The minimum Gasteiger partial charge on any atom is -0.389 e. The summed E-state index contributed by atoms with van der Waals surface area (Å²) in [6, 6.07) is 5.79. The molecule has 1 atom stereocenters. The van der Waals surface area contributed by atoms with Crippen LogP contribution in [0, 0.1) is 11.3 Å². The van der Waals surface area contributed by atoms with Gasteiger partial charge < -0.3 is 10.0 Å². The number of aliphatic hydroxyl groups excluding tert-OH is 1. The number of hydrogen-bond acceptors (Lipinski definition) is 4. The van der Waals surface area contributed by atoms with Gasteiger partial charge in [-0.15, -0.1) is 0 Å². The smallest absolute Gasteiger partial charge is 0.134 e. The molecule has 0 spiro atoms. The quantitative estimate of drug-likeness (QED) is 0.821. The molecule has 86 valence electrons. The van der Waals surface area contributed by atoms with Gasteiger partial charge in [-0.05, 0) is 19.9 Å². The Morgan fingerprint density at radius 2 is 2.38 bits per heavy atom. The number of aliphatic hydroxyl groups is 1. The Hall–Kier alpha value is -1.60. The van der Waals surface area contributed by atoms with Crippen molar-refractivity contribution in [3.8, 4) is 6.07 Å². The van der Waals surface area contributed by atoms with Crippen molar-refractivity contribution in [3.05, 3.63) is 23.9 Å². The summed E-state index contributed by atoms with van der Waals surface area (Å²) >= 11 is 0. The Bertz CT molecular complexity index is 371. The summed E-state index contributed by atoms with van der Waals surface area (Å²) in [6.45, 7) is 5.15. The number of nitriles is 1. The average molecular weight is 219 g/mol. The van der Waals surface area contributed by atoms with E-state index in [-0.39, 0.29) is 0 Å². The molecule has 4 nitrogen and oxygen atoms in total. The summed E-state index contributed by atoms with van der Waals surface area (Å²) in [7, 11) is 0. The lowest BCUT2D eigenvalue weighted by molar-refractivity contribution is 0.199. The van der Waals surface area contributed by atoms with E-state index in [1.54, 1.807) is 13.1 Å². The van der Waals surface area contributed by atoms with Crippen LogP contribution >= 0.6 is 0 Å². The topological polar surface area (TPSA) is 60.2 Å². The monoisotopic (exact) mass is 219 g/mol.